The van der Waals surface area contributed by atoms with Crippen LogP contribution in [0, 0.1) is 5.92 Å². The van der Waals surface area contributed by atoms with E-state index in [1.165, 1.54) is 12.0 Å². The highest BCUT2D eigenvalue weighted by Crippen LogP contribution is 2.43. The molecule has 0 aromatic rings. The van der Waals surface area contributed by atoms with Crippen molar-refractivity contribution in [2.45, 2.75) is 58.5 Å². The highest BCUT2D eigenvalue weighted by Gasteiger charge is 2.53. The van der Waals surface area contributed by atoms with Crippen molar-refractivity contribution in [3.63, 3.8) is 0 Å². The van der Waals surface area contributed by atoms with Gasteiger partial charge in [0.25, 0.3) is 0 Å². The van der Waals surface area contributed by atoms with E-state index in [0.29, 0.717) is 25.9 Å². The molecule has 0 radical (unpaired) electrons. The molecule has 0 aromatic carbocycles. The summed E-state index contributed by atoms with van der Waals surface area (Å²) in [6.45, 7) is 10.2. The molecule has 0 spiro atoms. The highest BCUT2D eigenvalue weighted by molar-refractivity contribution is 5.80. The highest BCUT2D eigenvalue weighted by atomic mass is 16.5. The van der Waals surface area contributed by atoms with Crippen LogP contribution >= 0.6 is 0 Å². The summed E-state index contributed by atoms with van der Waals surface area (Å²) in [6.07, 6.45) is 1.32. The van der Waals surface area contributed by atoms with Crippen LogP contribution in [0.2, 0.25) is 0 Å². The quantitative estimate of drug-likeness (QED) is 0.655. The zero-order valence-electron chi connectivity index (χ0n) is 13.1. The summed E-state index contributed by atoms with van der Waals surface area (Å²) in [5.74, 6) is -0.350. The molecule has 0 bridgehead atoms. The second-order valence-corrected chi connectivity index (χ2v) is 6.66. The van der Waals surface area contributed by atoms with Gasteiger partial charge in [0.1, 0.15) is 0 Å². The number of carbonyl (C=O) groups excluding carboxylic acids is 2. The molecular weight excluding hydrogens is 258 g/mol. The van der Waals surface area contributed by atoms with E-state index in [-0.39, 0.29) is 17.7 Å². The van der Waals surface area contributed by atoms with E-state index in [0.717, 1.165) is 0 Å². The zero-order valence-corrected chi connectivity index (χ0v) is 13.1. The zero-order chi connectivity index (χ0) is 15.6. The van der Waals surface area contributed by atoms with Crippen LogP contribution in [0.5, 0.6) is 0 Å². The number of nitrogens with one attached hydrogen (secondary N) is 2. The monoisotopic (exact) mass is 285 g/mol. The standard InChI is InChI=1S/C14H27N3O3/c1-10(18)15-7-6-8-16-12(19)11-9-13(2,3)17(20)14(11,4)5/h11,20H,6-9H2,1-5H3,(H,15,18)(H,16,19). The van der Waals surface area contributed by atoms with Gasteiger partial charge in [-0.25, -0.2) is 0 Å². The molecular formula is C14H27N3O3. The average Bonchev–Trinajstić information content (AvgIpc) is 2.48. The summed E-state index contributed by atoms with van der Waals surface area (Å²) in [4.78, 5) is 23.0. The van der Waals surface area contributed by atoms with Gasteiger partial charge in [-0.2, -0.15) is 5.06 Å². The lowest BCUT2D eigenvalue weighted by Crippen LogP contribution is -2.50. The van der Waals surface area contributed by atoms with Gasteiger partial charge in [0.05, 0.1) is 11.5 Å². The second kappa shape index (κ2) is 6.10. The third-order valence-electron chi connectivity index (χ3n) is 4.02. The SMILES string of the molecule is CC(=O)NCCCNC(=O)C1CC(C)(C)N(O)C1(C)C. The fourth-order valence-corrected chi connectivity index (χ4v) is 2.86. The van der Waals surface area contributed by atoms with Gasteiger partial charge in [-0.15, -0.1) is 0 Å². The maximum absolute atomic E-state index is 12.3. The molecule has 1 aliphatic rings. The Labute approximate surface area is 120 Å². The first-order valence-corrected chi connectivity index (χ1v) is 7.10. The van der Waals surface area contributed by atoms with Gasteiger partial charge in [-0.1, -0.05) is 0 Å². The minimum absolute atomic E-state index is 0.0394. The maximum Gasteiger partial charge on any atom is 0.225 e. The van der Waals surface area contributed by atoms with Gasteiger partial charge < -0.3 is 15.8 Å². The Morgan fingerprint density at radius 1 is 1.20 bits per heavy atom. The van der Waals surface area contributed by atoms with Crippen molar-refractivity contribution in [3.05, 3.63) is 0 Å². The molecule has 1 rings (SSSR count). The van der Waals surface area contributed by atoms with E-state index < -0.39 is 11.1 Å². The smallest absolute Gasteiger partial charge is 0.225 e. The maximum atomic E-state index is 12.3. The van der Waals surface area contributed by atoms with Gasteiger partial charge in [0, 0.05) is 25.6 Å². The van der Waals surface area contributed by atoms with E-state index in [4.69, 9.17) is 0 Å². The fraction of sp³-hybridized carbons (Fsp3) is 0.857. The van der Waals surface area contributed by atoms with E-state index in [1.54, 1.807) is 0 Å². The molecule has 1 aliphatic heterocycles. The molecule has 2 amide bonds. The Morgan fingerprint density at radius 3 is 2.20 bits per heavy atom. The number of hydrogen-bond donors (Lipinski definition) is 3. The van der Waals surface area contributed by atoms with Crippen LogP contribution in [0.4, 0.5) is 0 Å². The minimum Gasteiger partial charge on any atom is -0.356 e. The minimum atomic E-state index is -0.578. The van der Waals surface area contributed by atoms with Crippen LogP contribution in [-0.4, -0.2) is 46.3 Å². The summed E-state index contributed by atoms with van der Waals surface area (Å²) >= 11 is 0. The van der Waals surface area contributed by atoms with Crippen molar-refractivity contribution in [2.75, 3.05) is 13.1 Å². The summed E-state index contributed by atoms with van der Waals surface area (Å²) in [6, 6.07) is 0. The molecule has 1 saturated heterocycles. The molecule has 1 atom stereocenters. The summed E-state index contributed by atoms with van der Waals surface area (Å²) in [5.41, 5.74) is -0.979. The second-order valence-electron chi connectivity index (χ2n) is 6.66. The normalized spacial score (nSPS) is 24.4. The molecule has 3 N–H and O–H groups in total. The lowest BCUT2D eigenvalue weighted by molar-refractivity contribution is -0.197. The molecule has 0 saturated carbocycles. The molecule has 20 heavy (non-hydrogen) atoms. The average molecular weight is 285 g/mol. The lowest BCUT2D eigenvalue weighted by atomic mass is 9.86. The first kappa shape index (κ1) is 16.9. The van der Waals surface area contributed by atoms with E-state index in [2.05, 4.69) is 10.6 Å². The van der Waals surface area contributed by atoms with E-state index in [9.17, 15) is 14.8 Å². The molecule has 0 aromatic heterocycles. The number of hydrogen-bond acceptors (Lipinski definition) is 4. The van der Waals surface area contributed by atoms with Crippen LogP contribution in [0.25, 0.3) is 0 Å². The Morgan fingerprint density at radius 2 is 1.75 bits per heavy atom. The Balaban J connectivity index is 2.46. The van der Waals surface area contributed by atoms with Crippen molar-refractivity contribution >= 4 is 11.8 Å². The molecule has 6 heteroatoms. The third kappa shape index (κ3) is 3.70. The van der Waals surface area contributed by atoms with E-state index in [1.807, 2.05) is 27.7 Å². The van der Waals surface area contributed by atoms with Gasteiger partial charge in [-0.3, -0.25) is 9.59 Å². The summed E-state index contributed by atoms with van der Waals surface area (Å²) in [5, 5.41) is 17.0. The fourth-order valence-electron chi connectivity index (χ4n) is 2.86. The van der Waals surface area contributed by atoms with Gasteiger partial charge in [0.2, 0.25) is 11.8 Å². The molecule has 6 nitrogen and oxygen atoms in total. The van der Waals surface area contributed by atoms with Gasteiger partial charge in [-0.05, 0) is 40.5 Å². The van der Waals surface area contributed by atoms with E-state index >= 15 is 0 Å². The Kier molecular flexibility index (Phi) is 5.15. The first-order chi connectivity index (χ1) is 9.09. The van der Waals surface area contributed by atoms with Crippen molar-refractivity contribution < 1.29 is 14.8 Å². The third-order valence-corrected chi connectivity index (χ3v) is 4.02. The predicted molar refractivity (Wildman–Crippen MR) is 76.2 cm³/mol. The van der Waals surface area contributed by atoms with Crippen molar-refractivity contribution in [2.24, 2.45) is 5.92 Å². The van der Waals surface area contributed by atoms with Crippen molar-refractivity contribution in [1.29, 1.82) is 0 Å². The Bertz CT molecular complexity index is 380. The number of amides is 2. The summed E-state index contributed by atoms with van der Waals surface area (Å²) < 4.78 is 0. The van der Waals surface area contributed by atoms with Gasteiger partial charge in [0.15, 0.2) is 0 Å². The molecule has 0 aliphatic carbocycles. The van der Waals surface area contributed by atoms with Crippen LogP contribution in [0.1, 0.15) is 47.5 Å². The molecule has 1 fully saturated rings. The number of hydroxylamine groups is 2. The number of carbonyl (C=O) groups is 2. The van der Waals surface area contributed by atoms with Crippen molar-refractivity contribution in [3.8, 4) is 0 Å². The molecule has 1 unspecified atom stereocenters. The first-order valence-electron chi connectivity index (χ1n) is 7.10. The molecule has 1 heterocycles. The largest absolute Gasteiger partial charge is 0.356 e. The van der Waals surface area contributed by atoms with Crippen LogP contribution in [0.15, 0.2) is 0 Å². The van der Waals surface area contributed by atoms with Crippen LogP contribution < -0.4 is 10.6 Å². The van der Waals surface area contributed by atoms with Crippen LogP contribution in [0.3, 0.4) is 0 Å². The van der Waals surface area contributed by atoms with Crippen molar-refractivity contribution in [1.82, 2.24) is 15.7 Å². The lowest BCUT2D eigenvalue weighted by Gasteiger charge is -2.35. The van der Waals surface area contributed by atoms with Crippen LogP contribution in [-0.2, 0) is 9.59 Å². The summed E-state index contributed by atoms with van der Waals surface area (Å²) in [7, 11) is 0. The number of rotatable bonds is 5. The number of nitrogens with zero attached hydrogens (tertiary/aromatic N) is 1. The van der Waals surface area contributed by atoms with Gasteiger partial charge >= 0.3 is 0 Å². The molecule has 116 valence electrons. The Hall–Kier alpha value is -1.14. The topological polar surface area (TPSA) is 81.7 Å². The predicted octanol–water partition coefficient (Wildman–Crippen LogP) is 0.897.